The van der Waals surface area contributed by atoms with Gasteiger partial charge in [-0.05, 0) is 36.0 Å². The fraction of sp³-hybridized carbons (Fsp3) is 0.643. The Morgan fingerprint density at radius 3 is 2.71 bits per heavy atom. The first kappa shape index (κ1) is 12.4. The quantitative estimate of drug-likeness (QED) is 0.870. The van der Waals surface area contributed by atoms with E-state index in [0.717, 1.165) is 24.2 Å². The SMILES string of the molecule is CNc1cc(CN2CC(C)CC(C)C2)ccn1. The van der Waals surface area contributed by atoms with Crippen LogP contribution in [0.15, 0.2) is 18.3 Å². The third-order valence-electron chi connectivity index (χ3n) is 3.43. The lowest BCUT2D eigenvalue weighted by Gasteiger charge is -2.35. The van der Waals surface area contributed by atoms with Crippen LogP contribution in [0.3, 0.4) is 0 Å². The second-order valence-corrected chi connectivity index (χ2v) is 5.44. The standard InChI is InChI=1S/C14H23N3/c1-11-6-12(2)9-17(8-11)10-13-4-5-16-14(7-13)15-3/h4-5,7,11-12H,6,8-10H2,1-3H3,(H,15,16). The summed E-state index contributed by atoms with van der Waals surface area (Å²) in [5.41, 5.74) is 1.35. The summed E-state index contributed by atoms with van der Waals surface area (Å²) < 4.78 is 0. The molecule has 3 heteroatoms. The van der Waals surface area contributed by atoms with Gasteiger partial charge in [0.15, 0.2) is 0 Å². The Labute approximate surface area is 104 Å². The lowest BCUT2D eigenvalue weighted by molar-refractivity contribution is 0.134. The number of hydrogen-bond acceptors (Lipinski definition) is 3. The number of hydrogen-bond donors (Lipinski definition) is 1. The Morgan fingerprint density at radius 1 is 1.35 bits per heavy atom. The molecule has 0 aromatic carbocycles. The van der Waals surface area contributed by atoms with E-state index < -0.39 is 0 Å². The first-order valence-electron chi connectivity index (χ1n) is 6.52. The number of nitrogens with one attached hydrogen (secondary N) is 1. The van der Waals surface area contributed by atoms with Crippen LogP contribution in [0.1, 0.15) is 25.8 Å². The van der Waals surface area contributed by atoms with Crippen molar-refractivity contribution in [2.45, 2.75) is 26.8 Å². The second kappa shape index (κ2) is 5.50. The molecule has 0 bridgehead atoms. The van der Waals surface area contributed by atoms with Crippen LogP contribution in [0, 0.1) is 11.8 Å². The van der Waals surface area contributed by atoms with E-state index in [1.54, 1.807) is 0 Å². The van der Waals surface area contributed by atoms with Gasteiger partial charge >= 0.3 is 0 Å². The van der Waals surface area contributed by atoms with Crippen molar-refractivity contribution in [3.8, 4) is 0 Å². The summed E-state index contributed by atoms with van der Waals surface area (Å²) in [4.78, 5) is 6.81. The number of aromatic nitrogens is 1. The van der Waals surface area contributed by atoms with Crippen LogP contribution in [0.4, 0.5) is 5.82 Å². The number of nitrogens with zero attached hydrogens (tertiary/aromatic N) is 2. The van der Waals surface area contributed by atoms with Crippen molar-refractivity contribution < 1.29 is 0 Å². The van der Waals surface area contributed by atoms with Gasteiger partial charge in [0.1, 0.15) is 5.82 Å². The molecule has 17 heavy (non-hydrogen) atoms. The third kappa shape index (κ3) is 3.43. The monoisotopic (exact) mass is 233 g/mol. The molecule has 2 heterocycles. The van der Waals surface area contributed by atoms with Gasteiger partial charge in [-0.15, -0.1) is 0 Å². The largest absolute Gasteiger partial charge is 0.373 e. The lowest BCUT2D eigenvalue weighted by Crippen LogP contribution is -2.38. The van der Waals surface area contributed by atoms with Gasteiger partial charge in [0, 0.05) is 32.9 Å². The Morgan fingerprint density at radius 2 is 2.06 bits per heavy atom. The number of anilines is 1. The van der Waals surface area contributed by atoms with Crippen LogP contribution in [-0.4, -0.2) is 30.0 Å². The van der Waals surface area contributed by atoms with E-state index in [2.05, 4.69) is 41.2 Å². The van der Waals surface area contributed by atoms with Crippen molar-refractivity contribution in [1.29, 1.82) is 0 Å². The molecule has 0 aliphatic carbocycles. The Kier molecular flexibility index (Phi) is 4.00. The van der Waals surface area contributed by atoms with Crippen molar-refractivity contribution in [3.05, 3.63) is 23.9 Å². The van der Waals surface area contributed by atoms with Crippen LogP contribution in [0.25, 0.3) is 0 Å². The van der Waals surface area contributed by atoms with Crippen LogP contribution < -0.4 is 5.32 Å². The summed E-state index contributed by atoms with van der Waals surface area (Å²) in [6, 6.07) is 4.26. The van der Waals surface area contributed by atoms with Crippen LogP contribution in [0.2, 0.25) is 0 Å². The minimum Gasteiger partial charge on any atom is -0.373 e. The van der Waals surface area contributed by atoms with Crippen LogP contribution in [-0.2, 0) is 6.54 Å². The van der Waals surface area contributed by atoms with Crippen molar-refractivity contribution in [2.24, 2.45) is 11.8 Å². The predicted octanol–water partition coefficient (Wildman–Crippen LogP) is 2.60. The molecule has 1 aliphatic rings. The average molecular weight is 233 g/mol. The van der Waals surface area contributed by atoms with E-state index >= 15 is 0 Å². The first-order chi connectivity index (χ1) is 8.17. The summed E-state index contributed by atoms with van der Waals surface area (Å²) in [6.45, 7) is 8.21. The highest BCUT2D eigenvalue weighted by atomic mass is 15.1. The highest BCUT2D eigenvalue weighted by molar-refractivity contribution is 5.36. The van der Waals surface area contributed by atoms with Crippen molar-refractivity contribution >= 4 is 5.82 Å². The van der Waals surface area contributed by atoms with E-state index in [1.165, 1.54) is 25.1 Å². The molecule has 0 saturated carbocycles. The molecule has 0 radical (unpaired) electrons. The van der Waals surface area contributed by atoms with Crippen molar-refractivity contribution in [1.82, 2.24) is 9.88 Å². The molecule has 1 aliphatic heterocycles. The van der Waals surface area contributed by atoms with Gasteiger partial charge in [0.25, 0.3) is 0 Å². The van der Waals surface area contributed by atoms with Crippen molar-refractivity contribution in [2.75, 3.05) is 25.5 Å². The summed E-state index contributed by atoms with van der Waals surface area (Å²) >= 11 is 0. The van der Waals surface area contributed by atoms with Crippen molar-refractivity contribution in [3.63, 3.8) is 0 Å². The number of piperidine rings is 1. The zero-order valence-corrected chi connectivity index (χ0v) is 11.1. The molecular weight excluding hydrogens is 210 g/mol. The molecule has 94 valence electrons. The fourth-order valence-electron chi connectivity index (χ4n) is 2.89. The summed E-state index contributed by atoms with van der Waals surface area (Å²) in [7, 11) is 1.91. The Balaban J connectivity index is 1.99. The van der Waals surface area contributed by atoms with Gasteiger partial charge in [-0.25, -0.2) is 4.98 Å². The Hall–Kier alpha value is -1.09. The average Bonchev–Trinajstić information content (AvgIpc) is 2.28. The lowest BCUT2D eigenvalue weighted by atomic mass is 9.92. The number of pyridine rings is 1. The van der Waals surface area contributed by atoms with Crippen LogP contribution >= 0.6 is 0 Å². The van der Waals surface area contributed by atoms with E-state index in [0.29, 0.717) is 0 Å². The molecule has 0 amide bonds. The van der Waals surface area contributed by atoms with E-state index in [1.807, 2.05) is 13.2 Å². The topological polar surface area (TPSA) is 28.2 Å². The molecule has 2 atom stereocenters. The summed E-state index contributed by atoms with van der Waals surface area (Å²) in [5.74, 6) is 2.61. The molecule has 1 aromatic rings. The maximum atomic E-state index is 4.25. The molecule has 3 nitrogen and oxygen atoms in total. The Bertz CT molecular complexity index is 354. The minimum absolute atomic E-state index is 0.823. The third-order valence-corrected chi connectivity index (χ3v) is 3.43. The van der Waals surface area contributed by atoms with Gasteiger partial charge in [0.05, 0.1) is 0 Å². The van der Waals surface area contributed by atoms with Gasteiger partial charge in [-0.2, -0.15) is 0 Å². The van der Waals surface area contributed by atoms with Gasteiger partial charge in [0.2, 0.25) is 0 Å². The van der Waals surface area contributed by atoms with E-state index in [-0.39, 0.29) is 0 Å². The zero-order valence-electron chi connectivity index (χ0n) is 11.1. The molecular formula is C14H23N3. The molecule has 1 aromatic heterocycles. The second-order valence-electron chi connectivity index (χ2n) is 5.44. The number of rotatable bonds is 3. The number of likely N-dealkylation sites (tertiary alicyclic amines) is 1. The van der Waals surface area contributed by atoms with Crippen LogP contribution in [0.5, 0.6) is 0 Å². The maximum absolute atomic E-state index is 4.25. The highest BCUT2D eigenvalue weighted by Crippen LogP contribution is 2.22. The first-order valence-corrected chi connectivity index (χ1v) is 6.52. The van der Waals surface area contributed by atoms with E-state index in [4.69, 9.17) is 0 Å². The molecule has 1 saturated heterocycles. The van der Waals surface area contributed by atoms with Gasteiger partial charge in [-0.1, -0.05) is 13.8 Å². The highest BCUT2D eigenvalue weighted by Gasteiger charge is 2.21. The molecule has 1 fully saturated rings. The molecule has 1 N–H and O–H groups in total. The van der Waals surface area contributed by atoms with Gasteiger partial charge < -0.3 is 5.32 Å². The predicted molar refractivity (Wildman–Crippen MR) is 72.0 cm³/mol. The summed E-state index contributed by atoms with van der Waals surface area (Å²) in [5, 5.41) is 3.09. The normalized spacial score (nSPS) is 25.8. The zero-order chi connectivity index (χ0) is 12.3. The maximum Gasteiger partial charge on any atom is 0.125 e. The van der Waals surface area contributed by atoms with E-state index in [9.17, 15) is 0 Å². The summed E-state index contributed by atoms with van der Waals surface area (Å²) in [6.07, 6.45) is 3.26. The molecule has 0 spiro atoms. The van der Waals surface area contributed by atoms with Gasteiger partial charge in [-0.3, -0.25) is 4.90 Å². The smallest absolute Gasteiger partial charge is 0.125 e. The fourth-order valence-corrected chi connectivity index (χ4v) is 2.89. The molecule has 2 unspecified atom stereocenters. The molecule has 2 rings (SSSR count). The minimum atomic E-state index is 0.823.